The molecule has 0 saturated heterocycles. The van der Waals surface area contributed by atoms with Gasteiger partial charge in [-0.25, -0.2) is 9.59 Å². The van der Waals surface area contributed by atoms with E-state index >= 15 is 0 Å². The van der Waals surface area contributed by atoms with E-state index in [4.69, 9.17) is 14.2 Å². The summed E-state index contributed by atoms with van der Waals surface area (Å²) in [7, 11) is 1.35. The fourth-order valence-electron chi connectivity index (χ4n) is 4.24. The Balaban J connectivity index is 1.91. The molecule has 0 heterocycles. The summed E-state index contributed by atoms with van der Waals surface area (Å²) in [5.74, 6) is -0.963. The van der Waals surface area contributed by atoms with E-state index in [1.165, 1.54) is 7.11 Å². The normalized spacial score (nSPS) is 18.2. The molecule has 0 aromatic heterocycles. The molecule has 0 spiro atoms. The van der Waals surface area contributed by atoms with Crippen molar-refractivity contribution in [2.75, 3.05) is 13.7 Å². The lowest BCUT2D eigenvalue weighted by Gasteiger charge is -2.30. The van der Waals surface area contributed by atoms with Gasteiger partial charge < -0.3 is 30.2 Å². The monoisotopic (exact) mass is 519 g/mol. The number of ether oxygens (including phenoxy) is 3. The van der Waals surface area contributed by atoms with Gasteiger partial charge in [-0.3, -0.25) is 9.59 Å². The van der Waals surface area contributed by atoms with Crippen molar-refractivity contribution in [1.82, 2.24) is 16.0 Å². The van der Waals surface area contributed by atoms with Crippen LogP contribution in [0.25, 0.3) is 0 Å². The number of nitrogens with one attached hydrogen (secondary N) is 3. The summed E-state index contributed by atoms with van der Waals surface area (Å²) in [5.41, 5.74) is 0.246. The summed E-state index contributed by atoms with van der Waals surface area (Å²) in [5, 5.41) is 8.41. The largest absolute Gasteiger partial charge is 0.469 e. The highest BCUT2D eigenvalue weighted by atomic mass is 16.6. The lowest BCUT2D eigenvalue weighted by atomic mass is 9.84. The summed E-state index contributed by atoms with van der Waals surface area (Å²) in [6.07, 6.45) is 2.98. The molecule has 3 atom stereocenters. The third-order valence-corrected chi connectivity index (χ3v) is 5.98. The predicted molar refractivity (Wildman–Crippen MR) is 138 cm³/mol. The van der Waals surface area contributed by atoms with E-state index in [0.29, 0.717) is 32.2 Å². The first-order valence-electron chi connectivity index (χ1n) is 12.9. The molecule has 206 valence electrons. The molecule has 1 aliphatic rings. The highest BCUT2D eigenvalue weighted by Crippen LogP contribution is 2.25. The molecule has 2 rings (SSSR count). The van der Waals surface area contributed by atoms with Crippen molar-refractivity contribution in [3.05, 3.63) is 35.9 Å². The van der Waals surface area contributed by atoms with Gasteiger partial charge in [0.15, 0.2) is 0 Å². The number of methoxy groups -OCH3 is 1. The first-order valence-corrected chi connectivity index (χ1v) is 12.9. The fraction of sp³-hybridized carbons (Fsp3) is 0.630. The fourth-order valence-corrected chi connectivity index (χ4v) is 4.24. The third-order valence-electron chi connectivity index (χ3n) is 5.98. The minimum absolute atomic E-state index is 0.0112. The van der Waals surface area contributed by atoms with E-state index in [9.17, 15) is 19.2 Å². The zero-order valence-electron chi connectivity index (χ0n) is 22.3. The molecule has 0 radical (unpaired) electrons. The van der Waals surface area contributed by atoms with Crippen LogP contribution in [0.1, 0.15) is 71.3 Å². The molecule has 1 aliphatic carbocycles. The Morgan fingerprint density at radius 3 is 2.41 bits per heavy atom. The SMILES string of the molecule is COC(=O)C1CCCCC1NC(=O)C[C@@H](CCCNC(=O)OC(C)(C)C)NC(=O)OCc1ccccc1. The van der Waals surface area contributed by atoms with Crippen LogP contribution >= 0.6 is 0 Å². The van der Waals surface area contributed by atoms with E-state index in [-0.39, 0.29) is 36.9 Å². The summed E-state index contributed by atoms with van der Waals surface area (Å²) in [4.78, 5) is 49.4. The van der Waals surface area contributed by atoms with Gasteiger partial charge in [0.05, 0.1) is 13.0 Å². The van der Waals surface area contributed by atoms with Crippen molar-refractivity contribution >= 4 is 24.1 Å². The van der Waals surface area contributed by atoms with Crippen molar-refractivity contribution in [3.8, 4) is 0 Å². The number of hydrogen-bond donors (Lipinski definition) is 3. The number of carbonyl (C=O) groups is 4. The van der Waals surface area contributed by atoms with Gasteiger partial charge in [-0.1, -0.05) is 43.2 Å². The van der Waals surface area contributed by atoms with E-state index in [1.807, 2.05) is 30.3 Å². The van der Waals surface area contributed by atoms with Crippen molar-refractivity contribution in [2.24, 2.45) is 5.92 Å². The smallest absolute Gasteiger partial charge is 0.407 e. The Kier molecular flexibility index (Phi) is 12.2. The Bertz CT molecular complexity index is 886. The second kappa shape index (κ2) is 15.1. The van der Waals surface area contributed by atoms with Gasteiger partial charge in [-0.2, -0.15) is 0 Å². The molecule has 10 heteroatoms. The summed E-state index contributed by atoms with van der Waals surface area (Å²) in [6.45, 7) is 5.77. The Morgan fingerprint density at radius 1 is 1.03 bits per heavy atom. The van der Waals surface area contributed by atoms with Crippen LogP contribution in [0, 0.1) is 5.92 Å². The van der Waals surface area contributed by atoms with Crippen LogP contribution in [-0.4, -0.2) is 55.4 Å². The highest BCUT2D eigenvalue weighted by molar-refractivity contribution is 5.80. The van der Waals surface area contributed by atoms with Crippen LogP contribution in [0.2, 0.25) is 0 Å². The van der Waals surface area contributed by atoms with Crippen LogP contribution in [0.5, 0.6) is 0 Å². The zero-order valence-corrected chi connectivity index (χ0v) is 22.3. The van der Waals surface area contributed by atoms with Crippen molar-refractivity contribution in [3.63, 3.8) is 0 Å². The molecule has 1 fully saturated rings. The maximum Gasteiger partial charge on any atom is 0.407 e. The van der Waals surface area contributed by atoms with Crippen molar-refractivity contribution < 1.29 is 33.4 Å². The number of carbonyl (C=O) groups excluding carboxylic acids is 4. The van der Waals surface area contributed by atoms with Crippen LogP contribution in [0.3, 0.4) is 0 Å². The second-order valence-corrected chi connectivity index (χ2v) is 10.3. The quantitative estimate of drug-likeness (QED) is 0.230. The van der Waals surface area contributed by atoms with Crippen LogP contribution in [-0.2, 0) is 30.4 Å². The van der Waals surface area contributed by atoms with Gasteiger partial charge in [-0.05, 0) is 52.0 Å². The first-order chi connectivity index (χ1) is 17.6. The zero-order chi connectivity index (χ0) is 27.3. The third kappa shape index (κ3) is 12.0. The predicted octanol–water partition coefficient (Wildman–Crippen LogP) is 3.82. The van der Waals surface area contributed by atoms with Gasteiger partial charge >= 0.3 is 18.2 Å². The van der Waals surface area contributed by atoms with Gasteiger partial charge in [0.1, 0.15) is 12.2 Å². The molecule has 1 aromatic carbocycles. The lowest BCUT2D eigenvalue weighted by molar-refractivity contribution is -0.147. The average Bonchev–Trinajstić information content (AvgIpc) is 2.84. The van der Waals surface area contributed by atoms with Crippen LogP contribution in [0.4, 0.5) is 9.59 Å². The van der Waals surface area contributed by atoms with E-state index in [0.717, 1.165) is 18.4 Å². The minimum atomic E-state index is -0.633. The van der Waals surface area contributed by atoms with E-state index in [1.54, 1.807) is 20.8 Å². The molecular formula is C27H41N3O7. The van der Waals surface area contributed by atoms with Gasteiger partial charge in [-0.15, -0.1) is 0 Å². The molecule has 3 N–H and O–H groups in total. The van der Waals surface area contributed by atoms with Gasteiger partial charge in [0.25, 0.3) is 0 Å². The van der Waals surface area contributed by atoms with Gasteiger partial charge in [0.2, 0.25) is 5.91 Å². The molecule has 2 unspecified atom stereocenters. The Labute approximate surface area is 219 Å². The maximum absolute atomic E-state index is 12.9. The Morgan fingerprint density at radius 2 is 1.73 bits per heavy atom. The number of hydrogen-bond acceptors (Lipinski definition) is 7. The summed E-state index contributed by atoms with van der Waals surface area (Å²) >= 11 is 0. The number of alkyl carbamates (subject to hydrolysis) is 2. The number of benzene rings is 1. The van der Waals surface area contributed by atoms with Crippen molar-refractivity contribution in [1.29, 1.82) is 0 Å². The number of esters is 1. The first kappa shape index (κ1) is 29.9. The van der Waals surface area contributed by atoms with E-state index < -0.39 is 23.8 Å². The minimum Gasteiger partial charge on any atom is -0.469 e. The van der Waals surface area contributed by atoms with Crippen LogP contribution in [0.15, 0.2) is 30.3 Å². The van der Waals surface area contributed by atoms with E-state index in [2.05, 4.69) is 16.0 Å². The summed E-state index contributed by atoms with van der Waals surface area (Å²) < 4.78 is 15.5. The molecule has 37 heavy (non-hydrogen) atoms. The number of amides is 3. The lowest BCUT2D eigenvalue weighted by Crippen LogP contribution is -2.47. The molecular weight excluding hydrogens is 478 g/mol. The highest BCUT2D eigenvalue weighted by Gasteiger charge is 2.33. The van der Waals surface area contributed by atoms with Gasteiger partial charge in [0, 0.05) is 25.0 Å². The Hall–Kier alpha value is -3.30. The average molecular weight is 520 g/mol. The molecule has 0 aliphatic heterocycles. The molecule has 10 nitrogen and oxygen atoms in total. The molecule has 1 saturated carbocycles. The maximum atomic E-state index is 12.9. The topological polar surface area (TPSA) is 132 Å². The van der Waals surface area contributed by atoms with Crippen molar-refractivity contribution in [2.45, 2.75) is 90.0 Å². The molecule has 3 amide bonds. The standard InChI is InChI=1S/C27H41N3O7/c1-27(2,3)37-25(33)28-16-10-13-20(29-26(34)36-18-19-11-6-5-7-12-19)17-23(31)30-22-15-9-8-14-21(22)24(32)35-4/h5-7,11-12,20-22H,8-10,13-18H2,1-4H3,(H,28,33)(H,29,34)(H,30,31)/t20-,21?,22?/m1/s1. The second-order valence-electron chi connectivity index (χ2n) is 10.3. The molecule has 0 bridgehead atoms. The number of rotatable bonds is 11. The van der Waals surface area contributed by atoms with Crippen LogP contribution < -0.4 is 16.0 Å². The molecule has 1 aromatic rings. The summed E-state index contributed by atoms with van der Waals surface area (Å²) in [6, 6.07) is 8.46.